The van der Waals surface area contributed by atoms with Gasteiger partial charge in [-0.05, 0) is 32.2 Å². The highest BCUT2D eigenvalue weighted by atomic mass is 79.9. The molecule has 0 saturated carbocycles. The van der Waals surface area contributed by atoms with Gasteiger partial charge in [-0.1, -0.05) is 28.6 Å². The van der Waals surface area contributed by atoms with Crippen LogP contribution in [0.4, 0.5) is 0 Å². The minimum atomic E-state index is -0.748. The Labute approximate surface area is 106 Å². The molecule has 0 rings (SSSR count). The van der Waals surface area contributed by atoms with E-state index in [0.29, 0.717) is 5.57 Å². The second-order valence-corrected chi connectivity index (χ2v) is 5.52. The van der Waals surface area contributed by atoms with Gasteiger partial charge >= 0.3 is 5.97 Å². The molecule has 92 valence electrons. The topological polar surface area (TPSA) is 35.5 Å². The highest BCUT2D eigenvalue weighted by Gasteiger charge is 2.29. The highest BCUT2D eigenvalue weighted by Crippen LogP contribution is 2.23. The van der Waals surface area contributed by atoms with E-state index < -0.39 is 17.7 Å². The van der Waals surface area contributed by atoms with Gasteiger partial charge in [-0.15, -0.1) is 0 Å². The number of carbonyl (C=O) groups is 1. The third-order valence-electron chi connectivity index (χ3n) is 1.79. The second kappa shape index (κ2) is 6.21. The molecule has 0 aromatic heterocycles. The molecule has 0 aliphatic heterocycles. The fourth-order valence-electron chi connectivity index (χ4n) is 1.13. The molecule has 0 aliphatic carbocycles. The number of ether oxygens (including phenoxy) is 2. The summed E-state index contributed by atoms with van der Waals surface area (Å²) < 4.78 is 11.2. The summed E-state index contributed by atoms with van der Waals surface area (Å²) in [6, 6.07) is 0. The smallest absolute Gasteiger partial charge is 0.339 e. The maximum Gasteiger partial charge on any atom is 0.339 e. The van der Waals surface area contributed by atoms with Gasteiger partial charge in [0.15, 0.2) is 6.10 Å². The third kappa shape index (κ3) is 4.94. The van der Waals surface area contributed by atoms with Crippen molar-refractivity contribution >= 4 is 21.9 Å². The summed E-state index contributed by atoms with van der Waals surface area (Å²) in [5.41, 5.74) is 0.247. The predicted octanol–water partition coefficient (Wildman–Crippen LogP) is 3.20. The van der Waals surface area contributed by atoms with Gasteiger partial charge in [0.2, 0.25) is 0 Å². The molecule has 0 saturated heterocycles. The van der Waals surface area contributed by atoms with Crippen LogP contribution in [0.1, 0.15) is 27.7 Å². The molecule has 1 unspecified atom stereocenters. The van der Waals surface area contributed by atoms with Crippen LogP contribution in [0.2, 0.25) is 0 Å². The zero-order valence-electron chi connectivity index (χ0n) is 10.5. The van der Waals surface area contributed by atoms with Crippen molar-refractivity contribution in [1.29, 1.82) is 0 Å². The Kier molecular flexibility index (Phi) is 5.97. The Morgan fingerprint density at radius 3 is 2.19 bits per heavy atom. The average Bonchev–Trinajstić information content (AvgIpc) is 2.13. The fourth-order valence-corrected chi connectivity index (χ4v) is 1.50. The Morgan fingerprint density at radius 1 is 1.44 bits per heavy atom. The Morgan fingerprint density at radius 2 is 1.94 bits per heavy atom. The van der Waals surface area contributed by atoms with E-state index in [1.54, 1.807) is 6.08 Å². The number of carbonyl (C=O) groups excluding carboxylic acids is 1. The van der Waals surface area contributed by atoms with Gasteiger partial charge in [0, 0.05) is 5.57 Å². The first-order chi connectivity index (χ1) is 7.22. The Bertz CT molecular complexity index is 296. The molecule has 0 amide bonds. The molecule has 0 fully saturated rings. The van der Waals surface area contributed by atoms with Crippen LogP contribution in [0.25, 0.3) is 0 Å². The predicted molar refractivity (Wildman–Crippen MR) is 68.5 cm³/mol. The summed E-state index contributed by atoms with van der Waals surface area (Å²) in [6.07, 6.45) is 0.846. The number of halogens is 1. The fraction of sp³-hybridized carbons (Fsp3) is 0.583. The van der Waals surface area contributed by atoms with E-state index in [2.05, 4.69) is 22.5 Å². The van der Waals surface area contributed by atoms with E-state index in [-0.39, 0.29) is 0 Å². The molecule has 1 atom stereocenters. The first kappa shape index (κ1) is 15.4. The maximum atomic E-state index is 11.6. The van der Waals surface area contributed by atoms with Crippen molar-refractivity contribution in [2.45, 2.75) is 39.4 Å². The molecular formula is C12H19BrO3. The van der Waals surface area contributed by atoms with Crippen LogP contribution in [0.15, 0.2) is 22.7 Å². The van der Waals surface area contributed by atoms with E-state index in [1.165, 1.54) is 7.11 Å². The Balaban J connectivity index is 5.17. The van der Waals surface area contributed by atoms with Crippen LogP contribution < -0.4 is 0 Å². The molecule has 0 N–H and O–H groups in total. The summed E-state index contributed by atoms with van der Waals surface area (Å²) in [5, 5.41) is 0. The number of esters is 1. The van der Waals surface area contributed by atoms with E-state index in [0.717, 1.165) is 4.48 Å². The Hall–Kier alpha value is -0.610. The zero-order valence-corrected chi connectivity index (χ0v) is 12.1. The van der Waals surface area contributed by atoms with Crippen LogP contribution in [0.5, 0.6) is 0 Å². The standard InChI is InChI=1S/C12H19BrO3/c1-7-9(8(2)13)10(11(14)15-6)16-12(3,4)5/h7,10H,1H2,2-6H3. The average molecular weight is 291 g/mol. The van der Waals surface area contributed by atoms with Gasteiger partial charge < -0.3 is 9.47 Å². The minimum absolute atomic E-state index is 0.427. The molecular weight excluding hydrogens is 272 g/mol. The van der Waals surface area contributed by atoms with Crippen molar-refractivity contribution in [2.24, 2.45) is 0 Å². The summed E-state index contributed by atoms with van der Waals surface area (Å²) in [5.74, 6) is -0.427. The molecule has 0 aromatic carbocycles. The van der Waals surface area contributed by atoms with Crippen LogP contribution in [0.3, 0.4) is 0 Å². The first-order valence-electron chi connectivity index (χ1n) is 4.97. The van der Waals surface area contributed by atoms with Crippen LogP contribution in [-0.4, -0.2) is 24.8 Å². The van der Waals surface area contributed by atoms with Gasteiger partial charge in [0.05, 0.1) is 12.7 Å². The molecule has 3 nitrogen and oxygen atoms in total. The molecule has 0 aromatic rings. The molecule has 4 heteroatoms. The van der Waals surface area contributed by atoms with Crippen LogP contribution in [-0.2, 0) is 14.3 Å². The van der Waals surface area contributed by atoms with Gasteiger partial charge in [0.25, 0.3) is 0 Å². The molecule has 0 heterocycles. The normalized spacial score (nSPS) is 15.1. The van der Waals surface area contributed by atoms with Gasteiger partial charge in [-0.2, -0.15) is 0 Å². The third-order valence-corrected chi connectivity index (χ3v) is 2.24. The first-order valence-corrected chi connectivity index (χ1v) is 5.76. The number of hydrogen-bond donors (Lipinski definition) is 0. The molecule has 0 bridgehead atoms. The lowest BCUT2D eigenvalue weighted by Gasteiger charge is -2.27. The van der Waals surface area contributed by atoms with E-state index in [4.69, 9.17) is 9.47 Å². The van der Waals surface area contributed by atoms with Gasteiger partial charge in [-0.3, -0.25) is 0 Å². The van der Waals surface area contributed by atoms with Gasteiger partial charge in [-0.25, -0.2) is 4.79 Å². The van der Waals surface area contributed by atoms with Gasteiger partial charge in [0.1, 0.15) is 0 Å². The lowest BCUT2D eigenvalue weighted by atomic mass is 10.1. The van der Waals surface area contributed by atoms with Crippen LogP contribution >= 0.6 is 15.9 Å². The van der Waals surface area contributed by atoms with E-state index in [9.17, 15) is 4.79 Å². The number of rotatable bonds is 4. The van der Waals surface area contributed by atoms with E-state index in [1.807, 2.05) is 27.7 Å². The number of allylic oxidation sites excluding steroid dienone is 1. The minimum Gasteiger partial charge on any atom is -0.467 e. The maximum absolute atomic E-state index is 11.6. The van der Waals surface area contributed by atoms with Crippen LogP contribution in [0, 0.1) is 0 Å². The number of methoxy groups -OCH3 is 1. The summed E-state index contributed by atoms with van der Waals surface area (Å²) in [6.45, 7) is 11.2. The number of hydrogen-bond acceptors (Lipinski definition) is 3. The highest BCUT2D eigenvalue weighted by molar-refractivity contribution is 9.11. The summed E-state index contributed by atoms with van der Waals surface area (Å²) in [4.78, 5) is 11.6. The zero-order chi connectivity index (χ0) is 12.9. The monoisotopic (exact) mass is 290 g/mol. The lowest BCUT2D eigenvalue weighted by Crippen LogP contribution is -2.35. The van der Waals surface area contributed by atoms with Crippen molar-refractivity contribution in [3.63, 3.8) is 0 Å². The molecule has 0 aliphatic rings. The molecule has 0 radical (unpaired) electrons. The van der Waals surface area contributed by atoms with Crippen molar-refractivity contribution in [3.8, 4) is 0 Å². The molecule has 0 spiro atoms. The SMILES string of the molecule is C=CC(=C(C)Br)C(OC(C)(C)C)C(=O)OC. The van der Waals surface area contributed by atoms with Crippen molar-refractivity contribution in [3.05, 3.63) is 22.7 Å². The van der Waals surface area contributed by atoms with Crippen molar-refractivity contribution in [1.82, 2.24) is 0 Å². The quantitative estimate of drug-likeness (QED) is 0.589. The largest absolute Gasteiger partial charge is 0.467 e. The lowest BCUT2D eigenvalue weighted by molar-refractivity contribution is -0.159. The summed E-state index contributed by atoms with van der Waals surface area (Å²) in [7, 11) is 1.34. The summed E-state index contributed by atoms with van der Waals surface area (Å²) >= 11 is 3.33. The van der Waals surface area contributed by atoms with Crippen molar-refractivity contribution in [2.75, 3.05) is 7.11 Å². The molecule has 16 heavy (non-hydrogen) atoms. The van der Waals surface area contributed by atoms with E-state index >= 15 is 0 Å². The van der Waals surface area contributed by atoms with Crippen molar-refractivity contribution < 1.29 is 14.3 Å². The second-order valence-electron chi connectivity index (χ2n) is 4.33.